The van der Waals surface area contributed by atoms with E-state index in [0.717, 1.165) is 5.92 Å². The molecule has 0 aromatic heterocycles. The topological polar surface area (TPSA) is 12.0 Å². The quantitative estimate of drug-likeness (QED) is 0.657. The highest BCUT2D eigenvalue weighted by Crippen LogP contribution is 2.35. The molecule has 0 bridgehead atoms. The Kier molecular flexibility index (Phi) is 2.94. The molecule has 0 unspecified atom stereocenters. The molecule has 1 nitrogen and oxygen atoms in total. The van der Waals surface area contributed by atoms with Crippen molar-refractivity contribution in [2.75, 3.05) is 13.1 Å². The SMILES string of the molecule is CCCC1(CC(C)C)CNC1. The third kappa shape index (κ3) is 2.19. The average molecular weight is 155 g/mol. The van der Waals surface area contributed by atoms with Gasteiger partial charge in [-0.05, 0) is 24.2 Å². The molecule has 11 heavy (non-hydrogen) atoms. The lowest BCUT2D eigenvalue weighted by molar-refractivity contribution is 0.117. The van der Waals surface area contributed by atoms with Crippen molar-refractivity contribution < 1.29 is 0 Å². The molecule has 1 aliphatic rings. The van der Waals surface area contributed by atoms with Crippen LogP contribution in [0.5, 0.6) is 0 Å². The minimum absolute atomic E-state index is 0.683. The molecule has 0 spiro atoms. The molecule has 0 atom stereocenters. The first-order valence-electron chi connectivity index (χ1n) is 4.89. The molecule has 1 fully saturated rings. The number of hydrogen-bond donors (Lipinski definition) is 1. The van der Waals surface area contributed by atoms with Crippen LogP contribution in [0.2, 0.25) is 0 Å². The van der Waals surface area contributed by atoms with Gasteiger partial charge in [-0.15, -0.1) is 0 Å². The Morgan fingerprint density at radius 3 is 2.27 bits per heavy atom. The third-order valence-electron chi connectivity index (χ3n) is 2.62. The van der Waals surface area contributed by atoms with Gasteiger partial charge in [0.2, 0.25) is 0 Å². The molecular weight excluding hydrogens is 134 g/mol. The maximum absolute atomic E-state index is 3.39. The summed E-state index contributed by atoms with van der Waals surface area (Å²) in [6.07, 6.45) is 4.17. The van der Waals surface area contributed by atoms with Crippen LogP contribution in [0, 0.1) is 11.3 Å². The van der Waals surface area contributed by atoms with Gasteiger partial charge < -0.3 is 5.32 Å². The zero-order valence-electron chi connectivity index (χ0n) is 8.11. The van der Waals surface area contributed by atoms with Gasteiger partial charge in [0.25, 0.3) is 0 Å². The summed E-state index contributed by atoms with van der Waals surface area (Å²) in [4.78, 5) is 0. The zero-order chi connectivity index (χ0) is 8.32. The summed E-state index contributed by atoms with van der Waals surface area (Å²) in [5.74, 6) is 0.864. The van der Waals surface area contributed by atoms with Gasteiger partial charge in [0.05, 0.1) is 0 Å². The molecule has 0 aromatic carbocycles. The van der Waals surface area contributed by atoms with Crippen molar-refractivity contribution in [3.63, 3.8) is 0 Å². The van der Waals surface area contributed by atoms with Crippen molar-refractivity contribution in [3.8, 4) is 0 Å². The van der Waals surface area contributed by atoms with E-state index in [9.17, 15) is 0 Å². The van der Waals surface area contributed by atoms with Gasteiger partial charge >= 0.3 is 0 Å². The molecule has 1 heteroatoms. The van der Waals surface area contributed by atoms with Crippen LogP contribution in [0.25, 0.3) is 0 Å². The highest BCUT2D eigenvalue weighted by atomic mass is 15.0. The molecule has 0 saturated carbocycles. The first-order chi connectivity index (χ1) is 5.18. The highest BCUT2D eigenvalue weighted by molar-refractivity contribution is 4.92. The third-order valence-corrected chi connectivity index (χ3v) is 2.62. The Bertz CT molecular complexity index is 114. The van der Waals surface area contributed by atoms with Crippen molar-refractivity contribution in [2.45, 2.75) is 40.0 Å². The number of rotatable bonds is 4. The largest absolute Gasteiger partial charge is 0.316 e. The standard InChI is InChI=1S/C10H21N/c1-4-5-10(6-9(2)3)7-11-8-10/h9,11H,4-8H2,1-3H3. The molecule has 0 radical (unpaired) electrons. The van der Waals surface area contributed by atoms with Crippen molar-refractivity contribution in [2.24, 2.45) is 11.3 Å². The minimum Gasteiger partial charge on any atom is -0.316 e. The fourth-order valence-corrected chi connectivity index (χ4v) is 2.30. The number of hydrogen-bond acceptors (Lipinski definition) is 1. The lowest BCUT2D eigenvalue weighted by Crippen LogP contribution is -2.53. The lowest BCUT2D eigenvalue weighted by atomic mass is 9.72. The van der Waals surface area contributed by atoms with Crippen LogP contribution >= 0.6 is 0 Å². The molecule has 1 rings (SSSR count). The van der Waals surface area contributed by atoms with Crippen molar-refractivity contribution >= 4 is 0 Å². The summed E-state index contributed by atoms with van der Waals surface area (Å²) < 4.78 is 0. The molecular formula is C10H21N. The maximum atomic E-state index is 3.39. The summed E-state index contributed by atoms with van der Waals surface area (Å²) in [5.41, 5.74) is 0.683. The first kappa shape index (κ1) is 9.05. The van der Waals surface area contributed by atoms with Crippen LogP contribution in [0.3, 0.4) is 0 Å². The Labute approximate surface area is 70.6 Å². The maximum Gasteiger partial charge on any atom is 0.00203 e. The van der Waals surface area contributed by atoms with Gasteiger partial charge in [0.1, 0.15) is 0 Å². The molecule has 1 heterocycles. The van der Waals surface area contributed by atoms with E-state index in [1.165, 1.54) is 32.4 Å². The van der Waals surface area contributed by atoms with Crippen LogP contribution in [0.1, 0.15) is 40.0 Å². The fourth-order valence-electron chi connectivity index (χ4n) is 2.30. The average Bonchev–Trinajstić information content (AvgIpc) is 1.82. The van der Waals surface area contributed by atoms with Crippen molar-refractivity contribution in [1.82, 2.24) is 5.32 Å². The summed E-state index contributed by atoms with van der Waals surface area (Å²) in [5, 5.41) is 3.39. The van der Waals surface area contributed by atoms with Gasteiger partial charge in [-0.2, -0.15) is 0 Å². The molecule has 1 saturated heterocycles. The van der Waals surface area contributed by atoms with E-state index in [4.69, 9.17) is 0 Å². The molecule has 0 aromatic rings. The molecule has 0 amide bonds. The Hall–Kier alpha value is -0.0400. The fraction of sp³-hybridized carbons (Fsp3) is 1.00. The summed E-state index contributed by atoms with van der Waals surface area (Å²) in [6.45, 7) is 9.48. The van der Waals surface area contributed by atoms with Crippen molar-refractivity contribution in [1.29, 1.82) is 0 Å². The minimum atomic E-state index is 0.683. The van der Waals surface area contributed by atoms with Gasteiger partial charge in [-0.1, -0.05) is 27.2 Å². The Morgan fingerprint density at radius 1 is 1.36 bits per heavy atom. The van der Waals surface area contributed by atoms with Crippen LogP contribution in [-0.4, -0.2) is 13.1 Å². The molecule has 66 valence electrons. The van der Waals surface area contributed by atoms with E-state index < -0.39 is 0 Å². The predicted octanol–water partition coefficient (Wildman–Crippen LogP) is 2.42. The van der Waals surface area contributed by atoms with E-state index >= 15 is 0 Å². The summed E-state index contributed by atoms with van der Waals surface area (Å²) >= 11 is 0. The zero-order valence-corrected chi connectivity index (χ0v) is 8.11. The monoisotopic (exact) mass is 155 g/mol. The van der Waals surface area contributed by atoms with Crippen molar-refractivity contribution in [3.05, 3.63) is 0 Å². The van der Waals surface area contributed by atoms with Gasteiger partial charge in [0, 0.05) is 13.1 Å². The Morgan fingerprint density at radius 2 is 2.00 bits per heavy atom. The summed E-state index contributed by atoms with van der Waals surface area (Å²) in [6, 6.07) is 0. The smallest absolute Gasteiger partial charge is 0.00203 e. The second-order valence-electron chi connectivity index (χ2n) is 4.45. The van der Waals surface area contributed by atoms with E-state index in [-0.39, 0.29) is 0 Å². The number of nitrogens with one attached hydrogen (secondary N) is 1. The van der Waals surface area contributed by atoms with E-state index in [2.05, 4.69) is 26.1 Å². The van der Waals surface area contributed by atoms with Crippen LogP contribution in [0.4, 0.5) is 0 Å². The second kappa shape index (κ2) is 3.57. The normalized spacial score (nSPS) is 21.8. The molecule has 0 aliphatic carbocycles. The summed E-state index contributed by atoms with van der Waals surface area (Å²) in [7, 11) is 0. The van der Waals surface area contributed by atoms with Crippen LogP contribution < -0.4 is 5.32 Å². The molecule has 1 N–H and O–H groups in total. The van der Waals surface area contributed by atoms with Gasteiger partial charge in [-0.25, -0.2) is 0 Å². The van der Waals surface area contributed by atoms with Crippen LogP contribution in [-0.2, 0) is 0 Å². The molecule has 1 aliphatic heterocycles. The highest BCUT2D eigenvalue weighted by Gasteiger charge is 2.35. The van der Waals surface area contributed by atoms with E-state index in [1.54, 1.807) is 0 Å². The lowest BCUT2D eigenvalue weighted by Gasteiger charge is -2.44. The van der Waals surface area contributed by atoms with E-state index in [0.29, 0.717) is 5.41 Å². The van der Waals surface area contributed by atoms with Gasteiger partial charge in [0.15, 0.2) is 0 Å². The van der Waals surface area contributed by atoms with Gasteiger partial charge in [-0.3, -0.25) is 0 Å². The first-order valence-corrected chi connectivity index (χ1v) is 4.89. The van der Waals surface area contributed by atoms with Crippen LogP contribution in [0.15, 0.2) is 0 Å². The second-order valence-corrected chi connectivity index (χ2v) is 4.45. The Balaban J connectivity index is 2.33. The van der Waals surface area contributed by atoms with E-state index in [1.807, 2.05) is 0 Å². The predicted molar refractivity (Wildman–Crippen MR) is 49.7 cm³/mol.